The predicted octanol–water partition coefficient (Wildman–Crippen LogP) is 3.42. The SMILES string of the molecule is O=C(Cc1cccc2cccnc12)N1CCC(C(=O)N2CCCCCC2)CC1. The average molecular weight is 380 g/mol. The lowest BCUT2D eigenvalue weighted by molar-refractivity contribution is -0.140. The molecule has 1 aromatic heterocycles. The standard InChI is InChI=1S/C23H29N3O2/c27-21(17-20-8-5-7-18-9-6-12-24-22(18)20)25-15-10-19(11-16-25)23(28)26-13-3-1-2-4-14-26/h5-9,12,19H,1-4,10-11,13-17H2. The highest BCUT2D eigenvalue weighted by Crippen LogP contribution is 2.23. The minimum atomic E-state index is 0.0846. The van der Waals surface area contributed by atoms with Gasteiger partial charge in [0.2, 0.25) is 11.8 Å². The van der Waals surface area contributed by atoms with Gasteiger partial charge in [0.1, 0.15) is 0 Å². The number of pyridine rings is 1. The number of amides is 2. The quantitative estimate of drug-likeness (QED) is 0.821. The number of fused-ring (bicyclic) bond motifs is 1. The highest BCUT2D eigenvalue weighted by Gasteiger charge is 2.30. The number of benzene rings is 1. The highest BCUT2D eigenvalue weighted by molar-refractivity contribution is 5.88. The molecule has 0 bridgehead atoms. The van der Waals surface area contributed by atoms with E-state index in [9.17, 15) is 9.59 Å². The Morgan fingerprint density at radius 1 is 0.893 bits per heavy atom. The van der Waals surface area contributed by atoms with Crippen molar-refractivity contribution in [2.45, 2.75) is 44.9 Å². The molecular weight excluding hydrogens is 350 g/mol. The fraction of sp³-hybridized carbons (Fsp3) is 0.522. The molecule has 0 spiro atoms. The van der Waals surface area contributed by atoms with Gasteiger partial charge in [-0.3, -0.25) is 14.6 Å². The Morgan fingerprint density at radius 2 is 1.61 bits per heavy atom. The number of rotatable bonds is 3. The summed E-state index contributed by atoms with van der Waals surface area (Å²) in [6, 6.07) is 9.94. The Morgan fingerprint density at radius 3 is 2.36 bits per heavy atom. The molecule has 2 saturated heterocycles. The number of aromatic nitrogens is 1. The van der Waals surface area contributed by atoms with E-state index in [1.54, 1.807) is 6.20 Å². The van der Waals surface area contributed by atoms with Crippen molar-refractivity contribution in [3.05, 3.63) is 42.1 Å². The van der Waals surface area contributed by atoms with Crippen molar-refractivity contribution < 1.29 is 9.59 Å². The van der Waals surface area contributed by atoms with Gasteiger partial charge in [-0.15, -0.1) is 0 Å². The first-order valence-corrected chi connectivity index (χ1v) is 10.6. The second-order valence-electron chi connectivity index (χ2n) is 8.06. The summed E-state index contributed by atoms with van der Waals surface area (Å²) < 4.78 is 0. The van der Waals surface area contributed by atoms with Gasteiger partial charge < -0.3 is 9.80 Å². The number of piperidine rings is 1. The van der Waals surface area contributed by atoms with Crippen molar-refractivity contribution in [3.63, 3.8) is 0 Å². The van der Waals surface area contributed by atoms with E-state index in [4.69, 9.17) is 0 Å². The van der Waals surface area contributed by atoms with Crippen molar-refractivity contribution in [3.8, 4) is 0 Å². The fourth-order valence-electron chi connectivity index (χ4n) is 4.51. The van der Waals surface area contributed by atoms with Gasteiger partial charge in [-0.2, -0.15) is 0 Å². The Kier molecular flexibility index (Phi) is 5.89. The van der Waals surface area contributed by atoms with Crippen LogP contribution in [-0.2, 0) is 16.0 Å². The fourth-order valence-corrected chi connectivity index (χ4v) is 4.51. The Bertz CT molecular complexity index is 829. The van der Waals surface area contributed by atoms with Gasteiger partial charge in [-0.25, -0.2) is 0 Å². The lowest BCUT2D eigenvalue weighted by Gasteiger charge is -2.34. The molecule has 3 heterocycles. The molecular formula is C23H29N3O2. The van der Waals surface area contributed by atoms with Crippen LogP contribution in [0.25, 0.3) is 10.9 Å². The van der Waals surface area contributed by atoms with Crippen LogP contribution < -0.4 is 0 Å². The third kappa shape index (κ3) is 4.18. The molecule has 0 radical (unpaired) electrons. The van der Waals surface area contributed by atoms with Crippen molar-refractivity contribution in [2.75, 3.05) is 26.2 Å². The number of likely N-dealkylation sites (tertiary alicyclic amines) is 2. The van der Waals surface area contributed by atoms with Crippen molar-refractivity contribution >= 4 is 22.7 Å². The van der Waals surface area contributed by atoms with Crippen LogP contribution in [0.1, 0.15) is 44.1 Å². The summed E-state index contributed by atoms with van der Waals surface area (Å²) in [4.78, 5) is 34.1. The van der Waals surface area contributed by atoms with Gasteiger partial charge in [0.15, 0.2) is 0 Å². The van der Waals surface area contributed by atoms with E-state index in [1.165, 1.54) is 12.8 Å². The van der Waals surface area contributed by atoms with E-state index in [-0.39, 0.29) is 11.8 Å². The molecule has 4 rings (SSSR count). The van der Waals surface area contributed by atoms with Gasteiger partial charge >= 0.3 is 0 Å². The zero-order valence-corrected chi connectivity index (χ0v) is 16.5. The molecule has 2 aromatic rings. The lowest BCUT2D eigenvalue weighted by atomic mass is 9.94. The summed E-state index contributed by atoms with van der Waals surface area (Å²) in [5.41, 5.74) is 1.88. The number of hydrogen-bond acceptors (Lipinski definition) is 3. The number of nitrogens with zero attached hydrogens (tertiary/aromatic N) is 3. The number of carbonyl (C=O) groups excluding carboxylic acids is 2. The van der Waals surface area contributed by atoms with Gasteiger partial charge in [-0.1, -0.05) is 37.1 Å². The number of carbonyl (C=O) groups is 2. The van der Waals surface area contributed by atoms with Crippen LogP contribution in [0.5, 0.6) is 0 Å². The summed E-state index contributed by atoms with van der Waals surface area (Å²) in [6.07, 6.45) is 8.45. The second-order valence-corrected chi connectivity index (χ2v) is 8.06. The molecule has 1 aromatic carbocycles. The molecule has 2 amide bonds. The molecule has 148 valence electrons. The first-order valence-electron chi connectivity index (χ1n) is 10.6. The Hall–Kier alpha value is -2.43. The van der Waals surface area contributed by atoms with Crippen LogP contribution in [-0.4, -0.2) is 52.8 Å². The smallest absolute Gasteiger partial charge is 0.227 e. The van der Waals surface area contributed by atoms with Crippen LogP contribution in [0, 0.1) is 5.92 Å². The molecule has 0 saturated carbocycles. The lowest BCUT2D eigenvalue weighted by Crippen LogP contribution is -2.45. The summed E-state index contributed by atoms with van der Waals surface area (Å²) in [5, 5.41) is 1.06. The average Bonchev–Trinajstić information content (AvgIpc) is 3.03. The van der Waals surface area contributed by atoms with Crippen LogP contribution in [0.15, 0.2) is 36.5 Å². The maximum absolute atomic E-state index is 12.8. The molecule has 0 aliphatic carbocycles. The molecule has 0 N–H and O–H groups in total. The number of hydrogen-bond donors (Lipinski definition) is 0. The van der Waals surface area contributed by atoms with E-state index in [0.29, 0.717) is 25.4 Å². The van der Waals surface area contributed by atoms with Crippen molar-refractivity contribution in [1.29, 1.82) is 0 Å². The summed E-state index contributed by atoms with van der Waals surface area (Å²) in [7, 11) is 0. The Labute approximate surface area is 166 Å². The molecule has 0 unspecified atom stereocenters. The maximum atomic E-state index is 12.8. The minimum absolute atomic E-state index is 0.0846. The van der Waals surface area contributed by atoms with Gasteiger partial charge in [0.25, 0.3) is 0 Å². The summed E-state index contributed by atoms with van der Waals surface area (Å²) in [5.74, 6) is 0.535. The van der Waals surface area contributed by atoms with Gasteiger partial charge in [0.05, 0.1) is 11.9 Å². The second kappa shape index (κ2) is 8.72. The topological polar surface area (TPSA) is 53.5 Å². The van der Waals surface area contributed by atoms with Crippen LogP contribution >= 0.6 is 0 Å². The molecule has 2 fully saturated rings. The third-order valence-corrected chi connectivity index (χ3v) is 6.17. The molecule has 5 nitrogen and oxygen atoms in total. The van der Waals surface area contributed by atoms with E-state index in [0.717, 1.165) is 55.2 Å². The maximum Gasteiger partial charge on any atom is 0.227 e. The predicted molar refractivity (Wildman–Crippen MR) is 110 cm³/mol. The molecule has 5 heteroatoms. The molecule has 0 atom stereocenters. The molecule has 2 aliphatic heterocycles. The van der Waals surface area contributed by atoms with Crippen molar-refractivity contribution in [2.24, 2.45) is 5.92 Å². The summed E-state index contributed by atoms with van der Waals surface area (Å²) in [6.45, 7) is 3.18. The Balaban J connectivity index is 1.34. The van der Waals surface area contributed by atoms with Crippen molar-refractivity contribution in [1.82, 2.24) is 14.8 Å². The minimum Gasteiger partial charge on any atom is -0.342 e. The van der Waals surface area contributed by atoms with E-state index in [2.05, 4.69) is 9.88 Å². The number of para-hydroxylation sites is 1. The van der Waals surface area contributed by atoms with Gasteiger partial charge in [-0.05, 0) is 37.3 Å². The van der Waals surface area contributed by atoms with Crippen LogP contribution in [0.3, 0.4) is 0 Å². The van der Waals surface area contributed by atoms with Gasteiger partial charge in [0, 0.05) is 43.7 Å². The first-order chi connectivity index (χ1) is 13.7. The zero-order valence-electron chi connectivity index (χ0n) is 16.5. The normalized spacial score (nSPS) is 18.9. The van der Waals surface area contributed by atoms with Crippen LogP contribution in [0.4, 0.5) is 0 Å². The van der Waals surface area contributed by atoms with E-state index in [1.807, 2.05) is 35.2 Å². The van der Waals surface area contributed by atoms with E-state index < -0.39 is 0 Å². The summed E-state index contributed by atoms with van der Waals surface area (Å²) >= 11 is 0. The monoisotopic (exact) mass is 379 g/mol. The molecule has 28 heavy (non-hydrogen) atoms. The largest absolute Gasteiger partial charge is 0.342 e. The molecule has 2 aliphatic rings. The van der Waals surface area contributed by atoms with E-state index >= 15 is 0 Å². The third-order valence-electron chi connectivity index (χ3n) is 6.17. The first kappa shape index (κ1) is 18.9. The highest BCUT2D eigenvalue weighted by atomic mass is 16.2. The zero-order chi connectivity index (χ0) is 19.3. The van der Waals surface area contributed by atoms with Crippen LogP contribution in [0.2, 0.25) is 0 Å².